The normalized spacial score (nSPS) is 11.1. The highest BCUT2D eigenvalue weighted by Crippen LogP contribution is 2.30. The quantitative estimate of drug-likeness (QED) is 0.459. The van der Waals surface area contributed by atoms with Crippen molar-refractivity contribution in [2.24, 2.45) is 0 Å². The molecule has 0 spiro atoms. The third-order valence-electron chi connectivity index (χ3n) is 4.50. The Balaban J connectivity index is 1.59. The largest absolute Gasteiger partial charge is 0.360 e. The summed E-state index contributed by atoms with van der Waals surface area (Å²) in [5.74, 6) is -0.275. The molecule has 0 saturated carbocycles. The van der Waals surface area contributed by atoms with Gasteiger partial charge in [0, 0.05) is 46.8 Å². The number of fused-ring (bicyclic) bond motifs is 2. The van der Waals surface area contributed by atoms with E-state index in [4.69, 9.17) is 0 Å². The molecule has 0 aliphatic carbocycles. The summed E-state index contributed by atoms with van der Waals surface area (Å²) in [6.07, 6.45) is 8.76. The van der Waals surface area contributed by atoms with E-state index in [-0.39, 0.29) is 5.91 Å². The van der Waals surface area contributed by atoms with Gasteiger partial charge in [0.05, 0.1) is 17.2 Å². The van der Waals surface area contributed by atoms with Gasteiger partial charge in [-0.3, -0.25) is 19.9 Å². The van der Waals surface area contributed by atoms with Crippen molar-refractivity contribution in [2.75, 3.05) is 5.32 Å². The monoisotopic (exact) mass is 354 g/mol. The van der Waals surface area contributed by atoms with Crippen molar-refractivity contribution in [3.63, 3.8) is 0 Å². The first-order valence-corrected chi connectivity index (χ1v) is 8.40. The lowest BCUT2D eigenvalue weighted by Crippen LogP contribution is -2.12. The number of carbonyl (C=O) groups excluding carboxylic acids is 1. The Bertz CT molecular complexity index is 1270. The number of pyridine rings is 2. The average molecular weight is 354 g/mol. The molecule has 3 N–H and O–H groups in total. The zero-order chi connectivity index (χ0) is 18.2. The predicted octanol–water partition coefficient (Wildman–Crippen LogP) is 3.75. The van der Waals surface area contributed by atoms with E-state index in [0.29, 0.717) is 11.4 Å². The fourth-order valence-electron chi connectivity index (χ4n) is 3.19. The van der Waals surface area contributed by atoms with Crippen molar-refractivity contribution in [2.45, 2.75) is 0 Å². The highest BCUT2D eigenvalue weighted by atomic mass is 16.1. The third kappa shape index (κ3) is 2.62. The molecule has 7 heteroatoms. The highest BCUT2D eigenvalue weighted by Gasteiger charge is 2.16. The number of nitrogens with zero attached hydrogens (tertiary/aromatic N) is 3. The first-order chi connectivity index (χ1) is 13.3. The fraction of sp³-hybridized carbons (Fsp3) is 0. The molecular formula is C20H14N6O. The Labute approximate surface area is 153 Å². The second kappa shape index (κ2) is 6.06. The van der Waals surface area contributed by atoms with Crippen molar-refractivity contribution in [3.05, 3.63) is 73.1 Å². The molecule has 0 aliphatic rings. The summed E-state index contributed by atoms with van der Waals surface area (Å²) in [6.45, 7) is 0. The van der Waals surface area contributed by atoms with Crippen LogP contribution in [0.3, 0.4) is 0 Å². The van der Waals surface area contributed by atoms with E-state index >= 15 is 0 Å². The Hall–Kier alpha value is -4.00. The maximum atomic E-state index is 12.7. The first kappa shape index (κ1) is 15.3. The van der Waals surface area contributed by atoms with E-state index in [0.717, 1.165) is 32.9 Å². The van der Waals surface area contributed by atoms with Gasteiger partial charge in [-0.05, 0) is 35.9 Å². The smallest absolute Gasteiger partial charge is 0.276 e. The molecule has 4 aromatic heterocycles. The van der Waals surface area contributed by atoms with Crippen LogP contribution >= 0.6 is 0 Å². The number of benzene rings is 1. The number of hydrogen-bond donors (Lipinski definition) is 3. The maximum absolute atomic E-state index is 12.7. The number of H-pyrrole nitrogens is 2. The van der Waals surface area contributed by atoms with Crippen molar-refractivity contribution in [1.82, 2.24) is 25.1 Å². The van der Waals surface area contributed by atoms with Crippen LogP contribution in [-0.2, 0) is 0 Å². The van der Waals surface area contributed by atoms with E-state index in [1.54, 1.807) is 30.7 Å². The van der Waals surface area contributed by atoms with Gasteiger partial charge in [0.15, 0.2) is 5.69 Å². The van der Waals surface area contributed by atoms with Crippen LogP contribution in [0.5, 0.6) is 0 Å². The maximum Gasteiger partial charge on any atom is 0.276 e. The Kier molecular flexibility index (Phi) is 3.43. The SMILES string of the molecule is O=C(Nc1ccncc1)c1n[nH]c2ccc(-c3cncc4[nH]ccc34)cc12. The summed E-state index contributed by atoms with van der Waals surface area (Å²) in [6, 6.07) is 11.4. The molecule has 0 fully saturated rings. The van der Waals surface area contributed by atoms with E-state index < -0.39 is 0 Å². The number of aromatic nitrogens is 5. The van der Waals surface area contributed by atoms with Crippen LogP contribution in [0.1, 0.15) is 10.5 Å². The molecule has 7 nitrogen and oxygen atoms in total. The second-order valence-electron chi connectivity index (χ2n) is 6.15. The molecular weight excluding hydrogens is 340 g/mol. The van der Waals surface area contributed by atoms with Gasteiger partial charge in [0.1, 0.15) is 0 Å². The molecule has 5 rings (SSSR count). The molecule has 5 aromatic rings. The van der Waals surface area contributed by atoms with Crippen LogP contribution in [0, 0.1) is 0 Å². The lowest BCUT2D eigenvalue weighted by atomic mass is 10.0. The van der Waals surface area contributed by atoms with Gasteiger partial charge in [-0.25, -0.2) is 0 Å². The summed E-state index contributed by atoms with van der Waals surface area (Å²) < 4.78 is 0. The van der Waals surface area contributed by atoms with E-state index in [2.05, 4.69) is 30.5 Å². The molecule has 0 unspecified atom stereocenters. The summed E-state index contributed by atoms with van der Waals surface area (Å²) >= 11 is 0. The van der Waals surface area contributed by atoms with Gasteiger partial charge < -0.3 is 10.3 Å². The van der Waals surface area contributed by atoms with Gasteiger partial charge in [0.2, 0.25) is 0 Å². The minimum atomic E-state index is -0.275. The Morgan fingerprint density at radius 1 is 0.926 bits per heavy atom. The number of carbonyl (C=O) groups is 1. The van der Waals surface area contributed by atoms with Gasteiger partial charge in [-0.15, -0.1) is 0 Å². The molecule has 0 aliphatic heterocycles. The summed E-state index contributed by atoms with van der Waals surface area (Å²) in [5, 5.41) is 11.8. The Morgan fingerprint density at radius 3 is 2.70 bits per heavy atom. The zero-order valence-electron chi connectivity index (χ0n) is 14.1. The van der Waals surface area contributed by atoms with Crippen molar-refractivity contribution in [3.8, 4) is 11.1 Å². The lowest BCUT2D eigenvalue weighted by molar-refractivity contribution is 0.102. The molecule has 1 amide bonds. The van der Waals surface area contributed by atoms with Gasteiger partial charge in [-0.2, -0.15) is 5.10 Å². The molecule has 0 bridgehead atoms. The molecule has 0 atom stereocenters. The van der Waals surface area contributed by atoms with E-state index in [1.165, 1.54) is 0 Å². The molecule has 4 heterocycles. The average Bonchev–Trinajstić information content (AvgIpc) is 3.35. The van der Waals surface area contributed by atoms with Gasteiger partial charge in [-0.1, -0.05) is 6.07 Å². The first-order valence-electron chi connectivity index (χ1n) is 8.40. The number of aromatic amines is 2. The van der Waals surface area contributed by atoms with Crippen LogP contribution < -0.4 is 5.32 Å². The van der Waals surface area contributed by atoms with Crippen molar-refractivity contribution in [1.29, 1.82) is 0 Å². The van der Waals surface area contributed by atoms with E-state index in [1.807, 2.05) is 36.7 Å². The zero-order valence-corrected chi connectivity index (χ0v) is 14.1. The molecule has 27 heavy (non-hydrogen) atoms. The van der Waals surface area contributed by atoms with Gasteiger partial charge >= 0.3 is 0 Å². The standard InChI is InChI=1S/C20H14N6O/c27-20(24-13-3-6-21-7-4-13)19-15-9-12(1-2-17(15)25-26-19)16-10-22-11-18-14(16)5-8-23-18/h1-11,23H,(H,25,26)(H,21,24,27). The second-order valence-corrected chi connectivity index (χ2v) is 6.15. The summed E-state index contributed by atoms with van der Waals surface area (Å²) in [4.78, 5) is 24.1. The molecule has 0 saturated heterocycles. The fourth-order valence-corrected chi connectivity index (χ4v) is 3.19. The number of nitrogens with one attached hydrogen (secondary N) is 3. The summed E-state index contributed by atoms with van der Waals surface area (Å²) in [5.41, 5.74) is 4.75. The molecule has 0 radical (unpaired) electrons. The number of rotatable bonds is 3. The van der Waals surface area contributed by atoms with Crippen LogP contribution in [-0.4, -0.2) is 31.1 Å². The third-order valence-corrected chi connectivity index (χ3v) is 4.50. The highest BCUT2D eigenvalue weighted by molar-refractivity contribution is 6.12. The minimum Gasteiger partial charge on any atom is -0.360 e. The van der Waals surface area contributed by atoms with E-state index in [9.17, 15) is 4.79 Å². The number of hydrogen-bond acceptors (Lipinski definition) is 4. The van der Waals surface area contributed by atoms with Crippen LogP contribution in [0.4, 0.5) is 5.69 Å². The van der Waals surface area contributed by atoms with Gasteiger partial charge in [0.25, 0.3) is 5.91 Å². The lowest BCUT2D eigenvalue weighted by Gasteiger charge is -2.05. The number of amides is 1. The van der Waals surface area contributed by atoms with Crippen LogP contribution in [0.25, 0.3) is 32.9 Å². The number of anilines is 1. The minimum absolute atomic E-state index is 0.275. The molecule has 1 aromatic carbocycles. The van der Waals surface area contributed by atoms with Crippen LogP contribution in [0.15, 0.2) is 67.4 Å². The Morgan fingerprint density at radius 2 is 1.81 bits per heavy atom. The predicted molar refractivity (Wildman–Crippen MR) is 103 cm³/mol. The van der Waals surface area contributed by atoms with Crippen LogP contribution in [0.2, 0.25) is 0 Å². The summed E-state index contributed by atoms with van der Waals surface area (Å²) in [7, 11) is 0. The molecule has 130 valence electrons. The van der Waals surface area contributed by atoms with Crippen molar-refractivity contribution >= 4 is 33.4 Å². The van der Waals surface area contributed by atoms with Crippen molar-refractivity contribution < 1.29 is 4.79 Å². The topological polar surface area (TPSA) is 99.3 Å².